The van der Waals surface area contributed by atoms with Crippen molar-refractivity contribution >= 4 is 17.5 Å². The lowest BCUT2D eigenvalue weighted by Gasteiger charge is -2.27. The molecule has 4 nitrogen and oxygen atoms in total. The van der Waals surface area contributed by atoms with Crippen molar-refractivity contribution in [2.45, 2.75) is 33.1 Å². The van der Waals surface area contributed by atoms with E-state index in [1.807, 2.05) is 0 Å². The number of Topliss-reactive ketones (excluding diaryl/α,β-unsaturated/α-hetero) is 2. The van der Waals surface area contributed by atoms with Crippen LogP contribution in [0.2, 0.25) is 0 Å². The van der Waals surface area contributed by atoms with Crippen molar-refractivity contribution in [1.29, 1.82) is 0 Å². The zero-order valence-electron chi connectivity index (χ0n) is 10.5. The molecule has 0 aromatic heterocycles. The summed E-state index contributed by atoms with van der Waals surface area (Å²) < 4.78 is 4.72. The van der Waals surface area contributed by atoms with Gasteiger partial charge in [0.15, 0.2) is 0 Å². The topological polar surface area (TPSA) is 60.4 Å². The fourth-order valence-corrected chi connectivity index (χ4v) is 3.20. The van der Waals surface area contributed by atoms with Crippen LogP contribution in [0.3, 0.4) is 0 Å². The van der Waals surface area contributed by atoms with Crippen LogP contribution in [-0.2, 0) is 19.1 Å². The number of methoxy groups -OCH3 is 1. The molecule has 0 aromatic rings. The molecule has 94 valence electrons. The van der Waals surface area contributed by atoms with Crippen LogP contribution in [0.1, 0.15) is 33.1 Å². The van der Waals surface area contributed by atoms with E-state index in [1.54, 1.807) is 13.8 Å². The van der Waals surface area contributed by atoms with Crippen LogP contribution in [0.4, 0.5) is 0 Å². The Labute approximate surface area is 101 Å². The molecule has 2 aliphatic rings. The lowest BCUT2D eigenvalue weighted by molar-refractivity contribution is -0.148. The summed E-state index contributed by atoms with van der Waals surface area (Å²) in [6.45, 7) is 3.40. The first-order valence-corrected chi connectivity index (χ1v) is 6.06. The Bertz CT molecular complexity index is 383. The predicted octanol–water partition coefficient (Wildman–Crippen LogP) is 1.37. The number of esters is 1. The molecule has 3 atom stereocenters. The minimum Gasteiger partial charge on any atom is -0.469 e. The molecule has 0 amide bonds. The van der Waals surface area contributed by atoms with Crippen LogP contribution < -0.4 is 0 Å². The second kappa shape index (κ2) is 3.93. The summed E-state index contributed by atoms with van der Waals surface area (Å²) in [6, 6.07) is 0. The van der Waals surface area contributed by atoms with E-state index in [1.165, 1.54) is 7.11 Å². The average molecular weight is 238 g/mol. The monoisotopic (exact) mass is 238 g/mol. The third-order valence-electron chi connectivity index (χ3n) is 4.29. The Morgan fingerprint density at radius 1 is 1.18 bits per heavy atom. The van der Waals surface area contributed by atoms with E-state index in [4.69, 9.17) is 4.74 Å². The summed E-state index contributed by atoms with van der Waals surface area (Å²) in [7, 11) is 1.36. The number of hydrogen-bond donors (Lipinski definition) is 0. The van der Waals surface area contributed by atoms with Gasteiger partial charge >= 0.3 is 5.97 Å². The zero-order chi connectivity index (χ0) is 12.8. The molecule has 17 heavy (non-hydrogen) atoms. The molecule has 0 N–H and O–H groups in total. The summed E-state index contributed by atoms with van der Waals surface area (Å²) in [4.78, 5) is 35.7. The fourth-order valence-electron chi connectivity index (χ4n) is 3.20. The Morgan fingerprint density at radius 3 is 2.35 bits per heavy atom. The van der Waals surface area contributed by atoms with E-state index < -0.39 is 5.41 Å². The van der Waals surface area contributed by atoms with Gasteiger partial charge in [-0.05, 0) is 33.1 Å². The van der Waals surface area contributed by atoms with E-state index in [0.29, 0.717) is 19.3 Å². The molecule has 0 bridgehead atoms. The van der Waals surface area contributed by atoms with Crippen LogP contribution in [-0.4, -0.2) is 24.6 Å². The van der Waals surface area contributed by atoms with E-state index in [2.05, 4.69) is 0 Å². The first-order chi connectivity index (χ1) is 7.89. The highest BCUT2D eigenvalue weighted by Gasteiger charge is 2.56. The van der Waals surface area contributed by atoms with Crippen LogP contribution in [0, 0.1) is 23.2 Å². The fraction of sp³-hybridized carbons (Fsp3) is 0.769. The van der Waals surface area contributed by atoms with Crippen molar-refractivity contribution in [2.24, 2.45) is 23.2 Å². The highest BCUT2D eigenvalue weighted by molar-refractivity contribution is 6.14. The van der Waals surface area contributed by atoms with Crippen LogP contribution in [0.5, 0.6) is 0 Å². The third kappa shape index (κ3) is 1.70. The van der Waals surface area contributed by atoms with Crippen molar-refractivity contribution in [3.8, 4) is 0 Å². The van der Waals surface area contributed by atoms with Gasteiger partial charge in [0.1, 0.15) is 11.6 Å². The summed E-state index contributed by atoms with van der Waals surface area (Å²) in [5, 5.41) is 0. The number of rotatable bonds is 1. The number of fused-ring (bicyclic) bond motifs is 1. The minimum atomic E-state index is -0.861. The average Bonchev–Trinajstić information content (AvgIpc) is 2.50. The molecule has 0 aliphatic heterocycles. The normalized spacial score (nSPS) is 35.6. The van der Waals surface area contributed by atoms with E-state index >= 15 is 0 Å². The zero-order valence-corrected chi connectivity index (χ0v) is 10.5. The number of carbonyl (C=O) groups is 3. The van der Waals surface area contributed by atoms with Crippen molar-refractivity contribution in [1.82, 2.24) is 0 Å². The Morgan fingerprint density at radius 2 is 1.76 bits per heavy atom. The molecule has 0 radical (unpaired) electrons. The van der Waals surface area contributed by atoms with Crippen molar-refractivity contribution in [3.63, 3.8) is 0 Å². The molecule has 0 aromatic carbocycles. The number of ether oxygens (including phenoxy) is 1. The molecular weight excluding hydrogens is 220 g/mol. The number of hydrogen-bond acceptors (Lipinski definition) is 4. The molecule has 2 saturated carbocycles. The van der Waals surface area contributed by atoms with E-state index in [-0.39, 0.29) is 35.3 Å². The molecule has 2 fully saturated rings. The molecule has 0 spiro atoms. The van der Waals surface area contributed by atoms with Gasteiger partial charge in [-0.3, -0.25) is 14.4 Å². The Balaban J connectivity index is 2.20. The van der Waals surface area contributed by atoms with Gasteiger partial charge in [0.2, 0.25) is 0 Å². The second-order valence-corrected chi connectivity index (χ2v) is 5.60. The van der Waals surface area contributed by atoms with Crippen LogP contribution >= 0.6 is 0 Å². The molecular formula is C13H18O4. The molecule has 2 rings (SSSR count). The largest absolute Gasteiger partial charge is 0.469 e. The molecule has 4 heteroatoms. The van der Waals surface area contributed by atoms with Crippen molar-refractivity contribution < 1.29 is 19.1 Å². The predicted molar refractivity (Wildman–Crippen MR) is 60.1 cm³/mol. The van der Waals surface area contributed by atoms with Crippen molar-refractivity contribution in [2.75, 3.05) is 7.11 Å². The molecule has 0 heterocycles. The maximum absolute atomic E-state index is 12.2. The van der Waals surface area contributed by atoms with Gasteiger partial charge in [-0.15, -0.1) is 0 Å². The third-order valence-corrected chi connectivity index (χ3v) is 4.29. The molecule has 0 saturated heterocycles. The summed E-state index contributed by atoms with van der Waals surface area (Å²) in [6.07, 6.45) is 1.77. The molecule has 3 unspecified atom stereocenters. The lowest BCUT2D eigenvalue weighted by atomic mass is 9.75. The SMILES string of the molecule is COC(=O)C1CCC2C(=O)C(C)(C)C(=O)C2C1. The van der Waals surface area contributed by atoms with Gasteiger partial charge in [0.05, 0.1) is 18.4 Å². The smallest absolute Gasteiger partial charge is 0.308 e. The van der Waals surface area contributed by atoms with Crippen LogP contribution in [0.25, 0.3) is 0 Å². The Hall–Kier alpha value is -1.19. The summed E-state index contributed by atoms with van der Waals surface area (Å²) in [5.41, 5.74) is -0.861. The summed E-state index contributed by atoms with van der Waals surface area (Å²) in [5.74, 6) is -0.856. The van der Waals surface area contributed by atoms with Gasteiger partial charge < -0.3 is 4.74 Å². The standard InChI is InChI=1S/C13H18O4/c1-13(2)10(14)8-5-4-7(12(16)17-3)6-9(8)11(13)15/h7-9H,4-6H2,1-3H3. The number of ketones is 2. The highest BCUT2D eigenvalue weighted by Crippen LogP contribution is 2.47. The quantitative estimate of drug-likeness (QED) is 0.511. The van der Waals surface area contributed by atoms with Gasteiger partial charge in [-0.1, -0.05) is 0 Å². The molecule has 2 aliphatic carbocycles. The van der Waals surface area contributed by atoms with Gasteiger partial charge in [0, 0.05) is 11.8 Å². The van der Waals surface area contributed by atoms with Crippen LogP contribution in [0.15, 0.2) is 0 Å². The van der Waals surface area contributed by atoms with E-state index in [0.717, 1.165) is 0 Å². The lowest BCUT2D eigenvalue weighted by Crippen LogP contribution is -2.31. The summed E-state index contributed by atoms with van der Waals surface area (Å²) >= 11 is 0. The first kappa shape index (κ1) is 12.3. The Kier molecular flexibility index (Phi) is 2.84. The van der Waals surface area contributed by atoms with E-state index in [9.17, 15) is 14.4 Å². The van der Waals surface area contributed by atoms with Gasteiger partial charge in [-0.25, -0.2) is 0 Å². The number of carbonyl (C=O) groups excluding carboxylic acids is 3. The maximum Gasteiger partial charge on any atom is 0.308 e. The second-order valence-electron chi connectivity index (χ2n) is 5.60. The minimum absolute atomic E-state index is 0.00102. The first-order valence-electron chi connectivity index (χ1n) is 6.06. The highest BCUT2D eigenvalue weighted by atomic mass is 16.5. The van der Waals surface area contributed by atoms with Gasteiger partial charge in [0.25, 0.3) is 0 Å². The maximum atomic E-state index is 12.2. The van der Waals surface area contributed by atoms with Crippen molar-refractivity contribution in [3.05, 3.63) is 0 Å². The van der Waals surface area contributed by atoms with Gasteiger partial charge in [-0.2, -0.15) is 0 Å².